The Morgan fingerprint density at radius 3 is 2.55 bits per heavy atom. The van der Waals surface area contributed by atoms with Crippen molar-refractivity contribution in [1.82, 2.24) is 14.5 Å². The number of carbonyl (C=O) groups is 3. The van der Waals surface area contributed by atoms with Gasteiger partial charge in [-0.05, 0) is 66.4 Å². The Kier molecular flexibility index (Phi) is 7.37. The Morgan fingerprint density at radius 2 is 1.83 bits per heavy atom. The summed E-state index contributed by atoms with van der Waals surface area (Å²) in [5.41, 5.74) is 2.79. The number of aromatic nitrogens is 2. The predicted molar refractivity (Wildman–Crippen MR) is 152 cm³/mol. The summed E-state index contributed by atoms with van der Waals surface area (Å²) in [6.07, 6.45) is 7.16. The van der Waals surface area contributed by atoms with Gasteiger partial charge >= 0.3 is 35.5 Å². The molecule has 1 spiro atoms. The standard InChI is InChI=1S/C32H29N3O6.Na.H/c1-40-29-17-21(16-26-23(29)7-11-35(26)22-3-4-22)30(37)34-12-8-32(9-13-34)18-27(36)24-14-19(2-5-28(24)41-32)20-6-10-33-25(15-20)31(38)39;;/h2,5-7,10-11,14-17,22H,3-4,8-9,12-13,18H2,1H3,(H,38,39);;/q;+1;-1. The summed E-state index contributed by atoms with van der Waals surface area (Å²) in [5, 5.41) is 10.3. The van der Waals surface area contributed by atoms with Crippen molar-refractivity contribution in [1.29, 1.82) is 0 Å². The van der Waals surface area contributed by atoms with Crippen molar-refractivity contribution in [3.63, 3.8) is 0 Å². The van der Waals surface area contributed by atoms with Crippen LogP contribution in [0.1, 0.15) is 70.8 Å². The maximum atomic E-state index is 13.6. The van der Waals surface area contributed by atoms with Crippen LogP contribution in [0.4, 0.5) is 0 Å². The van der Waals surface area contributed by atoms with Crippen LogP contribution in [0.3, 0.4) is 0 Å². The molecule has 1 N–H and O–H groups in total. The minimum absolute atomic E-state index is 0. The molecule has 2 aromatic heterocycles. The first-order valence-electron chi connectivity index (χ1n) is 13.9. The van der Waals surface area contributed by atoms with Gasteiger partial charge in [0.05, 0.1) is 24.6 Å². The van der Waals surface area contributed by atoms with Gasteiger partial charge in [0, 0.05) is 55.3 Å². The van der Waals surface area contributed by atoms with Crippen LogP contribution >= 0.6 is 0 Å². The summed E-state index contributed by atoms with van der Waals surface area (Å²) in [6, 6.07) is 14.9. The first-order chi connectivity index (χ1) is 19.8. The molecule has 0 bridgehead atoms. The third-order valence-corrected chi connectivity index (χ3v) is 8.57. The van der Waals surface area contributed by atoms with Crippen molar-refractivity contribution in [2.24, 2.45) is 0 Å². The van der Waals surface area contributed by atoms with Crippen molar-refractivity contribution in [2.75, 3.05) is 20.2 Å². The molecule has 9 nitrogen and oxygen atoms in total. The topological polar surface area (TPSA) is 111 Å². The van der Waals surface area contributed by atoms with E-state index < -0.39 is 11.6 Å². The van der Waals surface area contributed by atoms with E-state index in [1.807, 2.05) is 29.2 Å². The minimum atomic E-state index is -1.11. The second kappa shape index (κ2) is 10.9. The number of hydrogen-bond donors (Lipinski definition) is 1. The molecule has 42 heavy (non-hydrogen) atoms. The van der Waals surface area contributed by atoms with E-state index in [2.05, 4.69) is 15.7 Å². The Balaban J connectivity index is 0.00000184. The Morgan fingerprint density at radius 1 is 1.07 bits per heavy atom. The molecule has 7 rings (SSSR count). The first kappa shape index (κ1) is 28.5. The summed E-state index contributed by atoms with van der Waals surface area (Å²) in [7, 11) is 1.63. The number of amides is 1. The molecule has 1 saturated heterocycles. The number of carbonyl (C=O) groups excluding carboxylic acids is 2. The van der Waals surface area contributed by atoms with Gasteiger partial charge in [-0.1, -0.05) is 6.07 Å². The van der Waals surface area contributed by atoms with Crippen LogP contribution in [0.25, 0.3) is 22.0 Å². The molecule has 1 amide bonds. The van der Waals surface area contributed by atoms with Gasteiger partial charge in [0.25, 0.3) is 5.91 Å². The molecule has 1 saturated carbocycles. The number of methoxy groups -OCH3 is 1. The number of rotatable bonds is 5. The number of hydrogen-bond acceptors (Lipinski definition) is 6. The number of Topliss-reactive ketones (excluding diaryl/α,β-unsaturated/α-hetero) is 1. The van der Waals surface area contributed by atoms with Crippen LogP contribution in [0, 0.1) is 0 Å². The molecule has 0 unspecified atom stereocenters. The molecule has 4 aromatic rings. The second-order valence-electron chi connectivity index (χ2n) is 11.2. The van der Waals surface area contributed by atoms with E-state index in [1.54, 1.807) is 25.3 Å². The third kappa shape index (κ3) is 4.99. The molecule has 0 radical (unpaired) electrons. The van der Waals surface area contributed by atoms with E-state index in [0.717, 1.165) is 29.3 Å². The van der Waals surface area contributed by atoms with Crippen LogP contribution in [0.5, 0.6) is 11.5 Å². The van der Waals surface area contributed by atoms with Crippen molar-refractivity contribution in [2.45, 2.75) is 43.7 Å². The van der Waals surface area contributed by atoms with Crippen LogP contribution in [-0.2, 0) is 0 Å². The molecule has 10 heteroatoms. The summed E-state index contributed by atoms with van der Waals surface area (Å²) >= 11 is 0. The molecule has 2 aliphatic heterocycles. The number of likely N-dealkylation sites (tertiary alicyclic amines) is 1. The third-order valence-electron chi connectivity index (χ3n) is 8.57. The van der Waals surface area contributed by atoms with Gasteiger partial charge in [-0.15, -0.1) is 0 Å². The molecular weight excluding hydrogens is 545 g/mol. The summed E-state index contributed by atoms with van der Waals surface area (Å²) < 4.78 is 14.3. The van der Waals surface area contributed by atoms with E-state index in [-0.39, 0.29) is 54.8 Å². The monoisotopic (exact) mass is 575 g/mol. The fraction of sp³-hybridized carbons (Fsp3) is 0.312. The average Bonchev–Trinajstić information content (AvgIpc) is 3.74. The molecule has 3 aliphatic rings. The zero-order valence-electron chi connectivity index (χ0n) is 24.6. The van der Waals surface area contributed by atoms with Gasteiger partial charge in [0.2, 0.25) is 0 Å². The largest absolute Gasteiger partial charge is 1.00 e. The van der Waals surface area contributed by atoms with E-state index in [9.17, 15) is 19.5 Å². The number of ketones is 1. The van der Waals surface area contributed by atoms with Crippen molar-refractivity contribution in [3.05, 3.63) is 77.7 Å². The van der Waals surface area contributed by atoms with E-state index in [0.29, 0.717) is 60.2 Å². The molecule has 1 aliphatic carbocycles. The fourth-order valence-corrected chi connectivity index (χ4v) is 6.17. The normalized spacial score (nSPS) is 17.4. The number of pyridine rings is 1. The Hall–Kier alpha value is -3.66. The number of benzene rings is 2. The minimum Gasteiger partial charge on any atom is -1.00 e. The van der Waals surface area contributed by atoms with Crippen LogP contribution in [0.2, 0.25) is 0 Å². The van der Waals surface area contributed by atoms with Crippen LogP contribution in [0.15, 0.2) is 60.9 Å². The second-order valence-corrected chi connectivity index (χ2v) is 11.2. The van der Waals surface area contributed by atoms with E-state index in [1.165, 1.54) is 12.3 Å². The summed E-state index contributed by atoms with van der Waals surface area (Å²) in [6.45, 7) is 0.969. The number of piperidine rings is 1. The molecular formula is C32H30N3NaO6. The Bertz CT molecular complexity index is 1740. The number of ether oxygens (including phenoxy) is 2. The van der Waals surface area contributed by atoms with Crippen LogP contribution < -0.4 is 39.0 Å². The Labute approximate surface area is 266 Å². The molecule has 2 fully saturated rings. The number of aromatic carboxylic acids is 1. The number of nitrogens with zero attached hydrogens (tertiary/aromatic N) is 3. The van der Waals surface area contributed by atoms with Gasteiger partial charge in [-0.3, -0.25) is 9.59 Å². The zero-order valence-corrected chi connectivity index (χ0v) is 25.6. The smallest absolute Gasteiger partial charge is 1.00 e. The van der Waals surface area contributed by atoms with E-state index in [4.69, 9.17) is 9.47 Å². The van der Waals surface area contributed by atoms with Gasteiger partial charge in [-0.2, -0.15) is 0 Å². The number of carboxylic acids is 1. The zero-order chi connectivity index (χ0) is 28.3. The predicted octanol–water partition coefficient (Wildman–Crippen LogP) is 2.50. The summed E-state index contributed by atoms with van der Waals surface area (Å²) in [5.74, 6) is 0.0454. The maximum absolute atomic E-state index is 13.6. The van der Waals surface area contributed by atoms with E-state index >= 15 is 0 Å². The van der Waals surface area contributed by atoms with Gasteiger partial charge in [0.15, 0.2) is 5.78 Å². The number of fused-ring (bicyclic) bond motifs is 2. The maximum Gasteiger partial charge on any atom is 1.00 e. The first-order valence-corrected chi connectivity index (χ1v) is 13.9. The van der Waals surface area contributed by atoms with Crippen molar-refractivity contribution >= 4 is 28.6 Å². The molecule has 0 atom stereocenters. The van der Waals surface area contributed by atoms with Gasteiger partial charge in [-0.25, -0.2) is 9.78 Å². The van der Waals surface area contributed by atoms with Gasteiger partial charge < -0.3 is 25.5 Å². The molecule has 210 valence electrons. The summed E-state index contributed by atoms with van der Waals surface area (Å²) in [4.78, 5) is 44.0. The van der Waals surface area contributed by atoms with Crippen molar-refractivity contribution in [3.8, 4) is 22.6 Å². The van der Waals surface area contributed by atoms with Crippen LogP contribution in [-0.4, -0.2) is 63.0 Å². The SMILES string of the molecule is COc1cc(C(=O)N2CCC3(CC2)CC(=O)c2cc(-c4ccnc(C(=O)O)c4)ccc2O3)cc2c1ccn2C1CC1.[H-].[Na+]. The molecule has 4 heterocycles. The van der Waals surface area contributed by atoms with Gasteiger partial charge in [0.1, 0.15) is 22.8 Å². The quantitative estimate of drug-likeness (QED) is 0.364. The molecule has 2 aromatic carbocycles. The van der Waals surface area contributed by atoms with Crippen molar-refractivity contribution < 1.29 is 59.9 Å². The fourth-order valence-electron chi connectivity index (χ4n) is 6.17. The number of carboxylic acid groups (broad SMARTS) is 1. The average molecular weight is 576 g/mol.